The van der Waals surface area contributed by atoms with E-state index < -0.39 is 11.9 Å². The number of benzene rings is 2. The molecule has 1 N–H and O–H groups in total. The Hall–Kier alpha value is -3.61. The molecule has 31 heavy (non-hydrogen) atoms. The van der Waals surface area contributed by atoms with Crippen LogP contribution in [-0.2, 0) is 16.1 Å². The van der Waals surface area contributed by atoms with Crippen molar-refractivity contribution in [3.8, 4) is 5.75 Å². The van der Waals surface area contributed by atoms with Crippen molar-refractivity contribution in [2.75, 3.05) is 11.9 Å². The summed E-state index contributed by atoms with van der Waals surface area (Å²) in [5, 5.41) is 6.69. The molecular formula is C24H26N2O5. The molecule has 3 aromatic rings. The van der Waals surface area contributed by atoms with Crippen molar-refractivity contribution in [2.45, 2.75) is 40.2 Å². The van der Waals surface area contributed by atoms with Gasteiger partial charge in [0.15, 0.2) is 6.61 Å². The number of esters is 1. The minimum atomic E-state index is -0.602. The summed E-state index contributed by atoms with van der Waals surface area (Å²) in [7, 11) is 0. The number of nitrogens with zero attached hydrogens (tertiary/aromatic N) is 1. The van der Waals surface area contributed by atoms with Crippen LogP contribution in [0.4, 0.5) is 5.69 Å². The van der Waals surface area contributed by atoms with Crippen molar-refractivity contribution < 1.29 is 23.6 Å². The van der Waals surface area contributed by atoms with Gasteiger partial charge in [0, 0.05) is 5.69 Å². The number of anilines is 1. The molecule has 0 spiro atoms. The van der Waals surface area contributed by atoms with Gasteiger partial charge >= 0.3 is 5.97 Å². The van der Waals surface area contributed by atoms with E-state index in [9.17, 15) is 9.59 Å². The molecule has 0 atom stereocenters. The quantitative estimate of drug-likeness (QED) is 0.525. The highest BCUT2D eigenvalue weighted by molar-refractivity contribution is 5.96. The summed E-state index contributed by atoms with van der Waals surface area (Å²) in [6.45, 7) is 7.65. The second-order valence-electron chi connectivity index (χ2n) is 7.49. The van der Waals surface area contributed by atoms with Crippen LogP contribution in [-0.4, -0.2) is 23.6 Å². The zero-order valence-electron chi connectivity index (χ0n) is 18.1. The van der Waals surface area contributed by atoms with Crippen LogP contribution in [0, 0.1) is 13.8 Å². The van der Waals surface area contributed by atoms with Crippen molar-refractivity contribution in [2.24, 2.45) is 0 Å². The van der Waals surface area contributed by atoms with Crippen LogP contribution in [0.15, 0.2) is 53.1 Å². The number of amides is 1. The molecule has 7 heteroatoms. The molecule has 3 rings (SSSR count). The van der Waals surface area contributed by atoms with E-state index in [4.69, 9.17) is 14.0 Å². The van der Waals surface area contributed by atoms with E-state index >= 15 is 0 Å². The van der Waals surface area contributed by atoms with Gasteiger partial charge in [-0.05, 0) is 49.6 Å². The number of nitrogens with one attached hydrogen (secondary N) is 1. The van der Waals surface area contributed by atoms with E-state index in [0.717, 1.165) is 16.8 Å². The Kier molecular flexibility index (Phi) is 7.07. The van der Waals surface area contributed by atoms with Crippen LogP contribution in [0.2, 0.25) is 0 Å². The average molecular weight is 422 g/mol. The summed E-state index contributed by atoms with van der Waals surface area (Å²) in [6, 6.07) is 14.2. The molecule has 0 bridgehead atoms. The number of hydrogen-bond donors (Lipinski definition) is 1. The van der Waals surface area contributed by atoms with E-state index in [1.54, 1.807) is 24.3 Å². The smallest absolute Gasteiger partial charge is 0.338 e. The Morgan fingerprint density at radius 3 is 2.58 bits per heavy atom. The van der Waals surface area contributed by atoms with Crippen molar-refractivity contribution in [1.29, 1.82) is 0 Å². The molecular weight excluding hydrogens is 396 g/mol. The first-order valence-electron chi connectivity index (χ1n) is 10.1. The monoisotopic (exact) mass is 422 g/mol. The number of aromatic nitrogens is 1. The Bertz CT molecular complexity index is 1050. The van der Waals surface area contributed by atoms with Crippen LogP contribution in [0.3, 0.4) is 0 Å². The highest BCUT2D eigenvalue weighted by Crippen LogP contribution is 2.23. The molecule has 0 radical (unpaired) electrons. The van der Waals surface area contributed by atoms with Crippen molar-refractivity contribution in [3.63, 3.8) is 0 Å². The maximum atomic E-state index is 12.4. The van der Waals surface area contributed by atoms with Gasteiger partial charge in [-0.25, -0.2) is 4.79 Å². The number of carbonyl (C=O) groups is 2. The highest BCUT2D eigenvalue weighted by atomic mass is 16.5. The maximum Gasteiger partial charge on any atom is 0.338 e. The number of para-hydroxylation sites is 1. The summed E-state index contributed by atoms with van der Waals surface area (Å²) >= 11 is 0. The van der Waals surface area contributed by atoms with E-state index in [1.165, 1.54) is 0 Å². The fourth-order valence-corrected chi connectivity index (χ4v) is 3.09. The number of aryl methyl sites for hydroxylation is 2. The predicted molar refractivity (Wildman–Crippen MR) is 116 cm³/mol. The van der Waals surface area contributed by atoms with E-state index in [-0.39, 0.29) is 19.1 Å². The molecule has 0 aliphatic rings. The fourth-order valence-electron chi connectivity index (χ4n) is 3.09. The Morgan fingerprint density at radius 1 is 1.10 bits per heavy atom. The Balaban J connectivity index is 1.56. The fraction of sp³-hybridized carbons (Fsp3) is 0.292. The molecule has 7 nitrogen and oxygen atoms in total. The predicted octanol–water partition coefficient (Wildman–Crippen LogP) is 4.79. The lowest BCUT2D eigenvalue weighted by molar-refractivity contribution is -0.119. The second-order valence-corrected chi connectivity index (χ2v) is 7.49. The van der Waals surface area contributed by atoms with Gasteiger partial charge in [0.05, 0.1) is 16.8 Å². The first-order valence-corrected chi connectivity index (χ1v) is 10.1. The molecule has 162 valence electrons. The van der Waals surface area contributed by atoms with E-state index in [0.29, 0.717) is 22.8 Å². The van der Waals surface area contributed by atoms with Gasteiger partial charge in [-0.3, -0.25) is 4.79 Å². The van der Waals surface area contributed by atoms with Crippen molar-refractivity contribution in [3.05, 3.63) is 76.7 Å². The molecule has 1 aromatic heterocycles. The van der Waals surface area contributed by atoms with Crippen LogP contribution < -0.4 is 10.1 Å². The summed E-state index contributed by atoms with van der Waals surface area (Å²) in [5.41, 5.74) is 3.66. The molecule has 1 heterocycles. The van der Waals surface area contributed by atoms with Crippen molar-refractivity contribution in [1.82, 2.24) is 5.16 Å². The van der Waals surface area contributed by atoms with Gasteiger partial charge in [-0.15, -0.1) is 0 Å². The van der Waals surface area contributed by atoms with E-state index in [1.807, 2.05) is 52.0 Å². The first kappa shape index (κ1) is 22.1. The van der Waals surface area contributed by atoms with Gasteiger partial charge in [0.1, 0.15) is 18.1 Å². The molecule has 0 aliphatic carbocycles. The molecule has 0 unspecified atom stereocenters. The van der Waals surface area contributed by atoms with Crippen molar-refractivity contribution >= 4 is 17.6 Å². The molecule has 2 aromatic carbocycles. The zero-order valence-corrected chi connectivity index (χ0v) is 18.1. The lowest BCUT2D eigenvalue weighted by atomic mass is 10.0. The molecule has 1 amide bonds. The standard InChI is InChI=1S/C24H26N2O5/c1-15(2)20-10-5-6-11-22(20)25-23(27)14-30-24(28)18-8-7-9-19(12-18)29-13-21-16(3)26-31-17(21)4/h5-12,15H,13-14H2,1-4H3,(H,25,27). The maximum absolute atomic E-state index is 12.4. The molecule has 0 fully saturated rings. The topological polar surface area (TPSA) is 90.7 Å². The summed E-state index contributed by atoms with van der Waals surface area (Å²) in [6.07, 6.45) is 0. The Morgan fingerprint density at radius 2 is 1.87 bits per heavy atom. The highest BCUT2D eigenvalue weighted by Gasteiger charge is 2.14. The minimum absolute atomic E-state index is 0.257. The summed E-state index contributed by atoms with van der Waals surface area (Å²) in [5.74, 6) is 0.456. The van der Waals surface area contributed by atoms with E-state index in [2.05, 4.69) is 10.5 Å². The first-order chi connectivity index (χ1) is 14.8. The lowest BCUT2D eigenvalue weighted by Gasteiger charge is -2.13. The summed E-state index contributed by atoms with van der Waals surface area (Å²) in [4.78, 5) is 24.6. The third-order valence-electron chi connectivity index (χ3n) is 4.83. The summed E-state index contributed by atoms with van der Waals surface area (Å²) < 4.78 is 16.1. The van der Waals surface area contributed by atoms with Crippen LogP contribution >= 0.6 is 0 Å². The second kappa shape index (κ2) is 9.93. The largest absolute Gasteiger partial charge is 0.489 e. The van der Waals surface area contributed by atoms with Gasteiger partial charge in [-0.1, -0.05) is 43.3 Å². The lowest BCUT2D eigenvalue weighted by Crippen LogP contribution is -2.21. The van der Waals surface area contributed by atoms with Crippen LogP contribution in [0.1, 0.15) is 52.7 Å². The van der Waals surface area contributed by atoms with Crippen LogP contribution in [0.5, 0.6) is 5.75 Å². The van der Waals surface area contributed by atoms with Crippen LogP contribution in [0.25, 0.3) is 0 Å². The zero-order chi connectivity index (χ0) is 22.4. The van der Waals surface area contributed by atoms with Gasteiger partial charge in [-0.2, -0.15) is 0 Å². The SMILES string of the molecule is Cc1noc(C)c1COc1cccc(C(=O)OCC(=O)Nc2ccccc2C(C)C)c1. The average Bonchev–Trinajstić information content (AvgIpc) is 3.08. The number of hydrogen-bond acceptors (Lipinski definition) is 6. The number of carbonyl (C=O) groups excluding carboxylic acids is 2. The third kappa shape index (κ3) is 5.72. The Labute approximate surface area is 181 Å². The van der Waals surface area contributed by atoms with Gasteiger partial charge in [0.2, 0.25) is 0 Å². The van der Waals surface area contributed by atoms with Gasteiger partial charge < -0.3 is 19.3 Å². The molecule has 0 saturated heterocycles. The third-order valence-corrected chi connectivity index (χ3v) is 4.83. The molecule has 0 saturated carbocycles. The normalized spacial score (nSPS) is 10.7. The molecule has 0 aliphatic heterocycles. The number of rotatable bonds is 8. The minimum Gasteiger partial charge on any atom is -0.489 e. The number of ether oxygens (including phenoxy) is 2. The van der Waals surface area contributed by atoms with Gasteiger partial charge in [0.25, 0.3) is 5.91 Å².